The zero-order valence-corrected chi connectivity index (χ0v) is 19.1. The van der Waals surface area contributed by atoms with Crippen LogP contribution in [0.25, 0.3) is 11.1 Å². The number of carbonyl (C=O) groups is 2. The van der Waals surface area contributed by atoms with Gasteiger partial charge in [0.2, 0.25) is 0 Å². The van der Waals surface area contributed by atoms with Crippen molar-refractivity contribution in [1.82, 2.24) is 5.32 Å². The number of alkyl halides is 1. The molecule has 170 valence electrons. The quantitative estimate of drug-likeness (QED) is 0.249. The van der Waals surface area contributed by atoms with Crippen LogP contribution in [0.3, 0.4) is 0 Å². The fraction of sp³-hybridized carbons (Fsp3) is 0.417. The summed E-state index contributed by atoms with van der Waals surface area (Å²) in [6.45, 7) is 5.40. The highest BCUT2D eigenvalue weighted by Gasteiger charge is 2.30. The first-order valence-electron chi connectivity index (χ1n) is 10.5. The van der Waals surface area contributed by atoms with Crippen molar-refractivity contribution in [2.45, 2.75) is 56.7 Å². The second-order valence-electron chi connectivity index (χ2n) is 8.68. The van der Waals surface area contributed by atoms with Gasteiger partial charge in [0.15, 0.2) is 5.50 Å². The average Bonchev–Trinajstić information content (AvgIpc) is 3.07. The van der Waals surface area contributed by atoms with Crippen LogP contribution in [-0.4, -0.2) is 35.8 Å². The summed E-state index contributed by atoms with van der Waals surface area (Å²) in [5.74, 6) is -0.545. The molecule has 32 heavy (non-hydrogen) atoms. The number of nitrogens with one attached hydrogen (secondary N) is 1. The Morgan fingerprint density at radius 1 is 1.06 bits per heavy atom. The number of carbonyl (C=O) groups excluding carboxylic acids is 2. The molecule has 8 heteroatoms. The number of halogens is 1. The fourth-order valence-electron chi connectivity index (χ4n) is 3.81. The van der Waals surface area contributed by atoms with Crippen LogP contribution in [0.1, 0.15) is 50.7 Å². The molecule has 3 rings (SSSR count). The van der Waals surface area contributed by atoms with Gasteiger partial charge in [0.05, 0.1) is 6.04 Å². The van der Waals surface area contributed by atoms with Crippen molar-refractivity contribution >= 4 is 23.7 Å². The van der Waals surface area contributed by atoms with E-state index in [2.05, 4.69) is 22.6 Å². The molecule has 1 aliphatic rings. The highest BCUT2D eigenvalue weighted by atomic mass is 35.5. The number of esters is 1. The fourth-order valence-corrected chi connectivity index (χ4v) is 4.00. The molecule has 0 aromatic heterocycles. The lowest BCUT2D eigenvalue weighted by atomic mass is 9.98. The Kier molecular flexibility index (Phi) is 7.51. The maximum atomic E-state index is 12.5. The van der Waals surface area contributed by atoms with Gasteiger partial charge in [0.1, 0.15) is 12.2 Å². The molecule has 0 fully saturated rings. The molecule has 0 radical (unpaired) electrons. The first kappa shape index (κ1) is 23.7. The van der Waals surface area contributed by atoms with E-state index in [1.807, 2.05) is 36.4 Å². The molecular formula is C24H27ClN2O5. The van der Waals surface area contributed by atoms with Gasteiger partial charge in [0, 0.05) is 12.3 Å². The Hall–Kier alpha value is -2.93. The Balaban J connectivity index is 1.61. The summed E-state index contributed by atoms with van der Waals surface area (Å²) < 4.78 is 10.7. The van der Waals surface area contributed by atoms with Gasteiger partial charge in [-0.3, -0.25) is 4.79 Å². The summed E-state index contributed by atoms with van der Waals surface area (Å²) in [6.07, 6.45) is -0.654. The van der Waals surface area contributed by atoms with E-state index < -0.39 is 29.2 Å². The second-order valence-corrected chi connectivity index (χ2v) is 9.13. The number of rotatable bonds is 8. The smallest absolute Gasteiger partial charge is 0.407 e. The summed E-state index contributed by atoms with van der Waals surface area (Å²) in [4.78, 5) is 35.4. The van der Waals surface area contributed by atoms with Crippen LogP contribution in [0.4, 0.5) is 4.79 Å². The van der Waals surface area contributed by atoms with E-state index in [-0.39, 0.29) is 25.4 Å². The third-order valence-electron chi connectivity index (χ3n) is 5.16. The van der Waals surface area contributed by atoms with Crippen molar-refractivity contribution < 1.29 is 19.1 Å². The number of amides is 1. The summed E-state index contributed by atoms with van der Waals surface area (Å²) in [6, 6.07) is 15.2. The number of benzene rings is 2. The predicted octanol–water partition coefficient (Wildman–Crippen LogP) is 5.35. The number of nitrogens with zero attached hydrogens (tertiary/aromatic N) is 1. The maximum Gasteiger partial charge on any atom is 0.407 e. The lowest BCUT2D eigenvalue weighted by Crippen LogP contribution is -2.41. The SMILES string of the molecule is CC(C)(C)OC(=O)CC[C@H](NC(=O)OCC1c2ccccc2-c2ccccc21)C(Cl)N=O. The molecule has 1 N–H and O–H groups in total. The molecule has 0 saturated carbocycles. The normalized spacial score (nSPS) is 14.6. The Labute approximate surface area is 192 Å². The third-order valence-corrected chi connectivity index (χ3v) is 5.54. The van der Waals surface area contributed by atoms with Gasteiger partial charge in [-0.1, -0.05) is 60.1 Å². The zero-order chi connectivity index (χ0) is 23.3. The van der Waals surface area contributed by atoms with Crippen LogP contribution < -0.4 is 5.32 Å². The van der Waals surface area contributed by atoms with E-state index in [4.69, 9.17) is 21.1 Å². The van der Waals surface area contributed by atoms with E-state index >= 15 is 0 Å². The van der Waals surface area contributed by atoms with E-state index in [0.29, 0.717) is 0 Å². The second kappa shape index (κ2) is 10.1. The molecule has 0 spiro atoms. The minimum Gasteiger partial charge on any atom is -0.460 e. The van der Waals surface area contributed by atoms with Gasteiger partial charge >= 0.3 is 12.1 Å². The predicted molar refractivity (Wildman–Crippen MR) is 123 cm³/mol. The number of fused-ring (bicyclic) bond motifs is 3. The summed E-state index contributed by atoms with van der Waals surface area (Å²) in [5.41, 5.74) is 2.56. The standard InChI is InChI=1S/C24H27ClN2O5/c1-24(2,3)32-21(28)13-12-20(22(25)27-30)26-23(29)31-14-19-17-10-6-4-8-15(17)16-9-5-7-11-18(16)19/h4-11,19-20,22H,12-14H2,1-3H3,(H,26,29)/t20-,22?/m0/s1. The zero-order valence-electron chi connectivity index (χ0n) is 18.3. The van der Waals surface area contributed by atoms with Gasteiger partial charge in [-0.05, 0) is 54.6 Å². The summed E-state index contributed by atoms with van der Waals surface area (Å²) in [7, 11) is 0. The first-order chi connectivity index (χ1) is 15.2. The van der Waals surface area contributed by atoms with Crippen LogP contribution in [0, 0.1) is 4.91 Å². The van der Waals surface area contributed by atoms with Gasteiger partial charge < -0.3 is 14.8 Å². The molecule has 0 bridgehead atoms. The van der Waals surface area contributed by atoms with Crippen molar-refractivity contribution in [3.05, 3.63) is 64.6 Å². The Morgan fingerprint density at radius 2 is 1.62 bits per heavy atom. The molecule has 0 heterocycles. The molecule has 1 aliphatic carbocycles. The first-order valence-corrected chi connectivity index (χ1v) is 10.9. The van der Waals surface area contributed by atoms with Crippen molar-refractivity contribution in [2.24, 2.45) is 5.18 Å². The van der Waals surface area contributed by atoms with Crippen LogP contribution in [-0.2, 0) is 14.3 Å². The highest BCUT2D eigenvalue weighted by molar-refractivity contribution is 6.21. The van der Waals surface area contributed by atoms with Crippen molar-refractivity contribution in [3.63, 3.8) is 0 Å². The minimum atomic E-state index is -1.24. The Morgan fingerprint density at radius 3 is 2.16 bits per heavy atom. The van der Waals surface area contributed by atoms with Gasteiger partial charge in [0.25, 0.3) is 0 Å². The van der Waals surface area contributed by atoms with Crippen molar-refractivity contribution in [2.75, 3.05) is 6.61 Å². The van der Waals surface area contributed by atoms with E-state index in [9.17, 15) is 14.5 Å². The number of hydrogen-bond acceptors (Lipinski definition) is 6. The maximum absolute atomic E-state index is 12.5. The van der Waals surface area contributed by atoms with E-state index in [0.717, 1.165) is 22.3 Å². The molecule has 2 aromatic carbocycles. The molecule has 1 unspecified atom stereocenters. The number of ether oxygens (including phenoxy) is 2. The van der Waals surface area contributed by atoms with E-state index in [1.54, 1.807) is 20.8 Å². The molecule has 2 aromatic rings. The molecule has 1 amide bonds. The van der Waals surface area contributed by atoms with Crippen LogP contribution in [0.2, 0.25) is 0 Å². The molecular weight excluding hydrogens is 432 g/mol. The van der Waals surface area contributed by atoms with Crippen LogP contribution >= 0.6 is 11.6 Å². The van der Waals surface area contributed by atoms with Crippen molar-refractivity contribution in [1.29, 1.82) is 0 Å². The topological polar surface area (TPSA) is 94.1 Å². The number of hydrogen-bond donors (Lipinski definition) is 1. The Bertz CT molecular complexity index is 943. The lowest BCUT2D eigenvalue weighted by molar-refractivity contribution is -0.155. The molecule has 7 nitrogen and oxygen atoms in total. The number of nitroso groups, excluding NO2 is 1. The molecule has 0 saturated heterocycles. The number of alkyl carbamates (subject to hydrolysis) is 1. The third kappa shape index (κ3) is 5.85. The monoisotopic (exact) mass is 458 g/mol. The summed E-state index contributed by atoms with van der Waals surface area (Å²) in [5, 5.41) is 5.35. The largest absolute Gasteiger partial charge is 0.460 e. The minimum absolute atomic E-state index is 0.0235. The van der Waals surface area contributed by atoms with E-state index in [1.165, 1.54) is 0 Å². The molecule has 2 atom stereocenters. The van der Waals surface area contributed by atoms with Crippen LogP contribution in [0.15, 0.2) is 53.7 Å². The summed E-state index contributed by atoms with van der Waals surface area (Å²) >= 11 is 5.95. The lowest BCUT2D eigenvalue weighted by Gasteiger charge is -2.22. The van der Waals surface area contributed by atoms with Crippen molar-refractivity contribution in [3.8, 4) is 11.1 Å². The van der Waals surface area contributed by atoms with Gasteiger partial charge in [-0.15, -0.1) is 4.91 Å². The average molecular weight is 459 g/mol. The molecule has 0 aliphatic heterocycles. The van der Waals surface area contributed by atoms with Crippen LogP contribution in [0.5, 0.6) is 0 Å². The van der Waals surface area contributed by atoms with Gasteiger partial charge in [-0.2, -0.15) is 0 Å². The van der Waals surface area contributed by atoms with Gasteiger partial charge in [-0.25, -0.2) is 4.79 Å². The highest BCUT2D eigenvalue weighted by Crippen LogP contribution is 2.44.